The van der Waals surface area contributed by atoms with E-state index >= 15 is 0 Å². The normalized spacial score (nSPS) is 11.8. The summed E-state index contributed by atoms with van der Waals surface area (Å²) in [6, 6.07) is 4.30. The Hall–Kier alpha value is -2.15. The Labute approximate surface area is 115 Å². The van der Waals surface area contributed by atoms with Gasteiger partial charge < -0.3 is 19.9 Å². The van der Waals surface area contributed by atoms with Crippen LogP contribution in [0.2, 0.25) is 0 Å². The maximum atomic E-state index is 13.3. The van der Waals surface area contributed by atoms with E-state index in [1.165, 1.54) is 19.2 Å². The second kappa shape index (κ2) is 7.44. The van der Waals surface area contributed by atoms with Crippen LogP contribution in [-0.2, 0) is 14.3 Å². The summed E-state index contributed by atoms with van der Waals surface area (Å²) in [4.78, 5) is 22.1. The fourth-order valence-corrected chi connectivity index (χ4v) is 1.39. The van der Waals surface area contributed by atoms with Crippen LogP contribution in [0.15, 0.2) is 18.2 Å². The number of carbonyl (C=O) groups is 2. The lowest BCUT2D eigenvalue weighted by Gasteiger charge is -2.12. The first kappa shape index (κ1) is 15.9. The molecule has 0 heterocycles. The molecule has 0 aliphatic heterocycles. The largest absolute Gasteiger partial charge is 0.481 e. The van der Waals surface area contributed by atoms with Gasteiger partial charge in [0.1, 0.15) is 0 Å². The summed E-state index contributed by atoms with van der Waals surface area (Å²) in [5, 5.41) is 11.0. The number of carboxylic acid groups (broad SMARTS) is 1. The van der Waals surface area contributed by atoms with Gasteiger partial charge in [0.25, 0.3) is 5.91 Å². The van der Waals surface area contributed by atoms with Crippen molar-refractivity contribution in [2.45, 2.75) is 13.0 Å². The number of carbonyl (C=O) groups excluding carboxylic acids is 1. The molecule has 0 aliphatic rings. The summed E-state index contributed by atoms with van der Waals surface area (Å²) in [6.07, 6.45) is -1.13. The third-order valence-electron chi connectivity index (χ3n) is 2.49. The van der Waals surface area contributed by atoms with Gasteiger partial charge in [0, 0.05) is 7.11 Å². The Bertz CT molecular complexity index is 492. The van der Waals surface area contributed by atoms with Crippen LogP contribution >= 0.6 is 0 Å². The molecule has 20 heavy (non-hydrogen) atoms. The van der Waals surface area contributed by atoms with Crippen LogP contribution in [0.1, 0.15) is 5.56 Å². The molecule has 1 atom stereocenters. The first-order chi connectivity index (χ1) is 9.43. The van der Waals surface area contributed by atoms with Crippen LogP contribution in [0.3, 0.4) is 0 Å². The molecule has 0 aliphatic carbocycles. The van der Waals surface area contributed by atoms with Crippen molar-refractivity contribution in [3.63, 3.8) is 0 Å². The van der Waals surface area contributed by atoms with E-state index < -0.39 is 30.4 Å². The van der Waals surface area contributed by atoms with Gasteiger partial charge in [-0.3, -0.25) is 4.79 Å². The van der Waals surface area contributed by atoms with Crippen molar-refractivity contribution < 1.29 is 28.6 Å². The van der Waals surface area contributed by atoms with Gasteiger partial charge in [-0.05, 0) is 24.6 Å². The molecule has 1 aromatic rings. The first-order valence-corrected chi connectivity index (χ1v) is 5.85. The first-order valence-electron chi connectivity index (χ1n) is 5.85. The number of amides is 1. The molecule has 6 nitrogen and oxygen atoms in total. The van der Waals surface area contributed by atoms with E-state index in [0.29, 0.717) is 0 Å². The summed E-state index contributed by atoms with van der Waals surface area (Å²) in [7, 11) is 1.23. The van der Waals surface area contributed by atoms with Crippen LogP contribution in [0.25, 0.3) is 0 Å². The summed E-state index contributed by atoms with van der Waals surface area (Å²) < 4.78 is 23.0. The smallest absolute Gasteiger partial charge is 0.334 e. The summed E-state index contributed by atoms with van der Waals surface area (Å²) in [5.41, 5.74) is 0.798. The van der Waals surface area contributed by atoms with Gasteiger partial charge in [-0.1, -0.05) is 6.07 Å². The maximum absolute atomic E-state index is 13.3. The number of rotatable bonds is 7. The van der Waals surface area contributed by atoms with Crippen molar-refractivity contribution in [1.29, 1.82) is 0 Å². The van der Waals surface area contributed by atoms with Crippen LogP contribution < -0.4 is 10.1 Å². The van der Waals surface area contributed by atoms with Crippen LogP contribution in [0.5, 0.6) is 5.75 Å². The van der Waals surface area contributed by atoms with Crippen LogP contribution in [0.4, 0.5) is 4.39 Å². The molecule has 110 valence electrons. The second-order valence-corrected chi connectivity index (χ2v) is 4.09. The molecule has 0 bridgehead atoms. The van der Waals surface area contributed by atoms with E-state index in [0.717, 1.165) is 5.56 Å². The van der Waals surface area contributed by atoms with Gasteiger partial charge >= 0.3 is 5.97 Å². The van der Waals surface area contributed by atoms with Gasteiger partial charge in [-0.15, -0.1) is 0 Å². The fourth-order valence-electron chi connectivity index (χ4n) is 1.39. The number of halogens is 1. The molecule has 0 spiro atoms. The predicted molar refractivity (Wildman–Crippen MR) is 68.1 cm³/mol. The van der Waals surface area contributed by atoms with Crippen molar-refractivity contribution in [3.05, 3.63) is 29.6 Å². The van der Waals surface area contributed by atoms with Gasteiger partial charge in [0.2, 0.25) is 0 Å². The molecule has 0 saturated carbocycles. The molecule has 0 radical (unpaired) electrons. The highest BCUT2D eigenvalue weighted by molar-refractivity contribution is 5.79. The van der Waals surface area contributed by atoms with Gasteiger partial charge in [0.05, 0.1) is 6.54 Å². The van der Waals surface area contributed by atoms with E-state index in [1.54, 1.807) is 13.0 Å². The molecular weight excluding hydrogens is 269 g/mol. The SMILES string of the molecule is COC(CNC(=O)COc1cc(C)ccc1F)C(=O)O. The minimum Gasteiger partial charge on any atom is -0.481 e. The third kappa shape index (κ3) is 4.85. The van der Waals surface area contributed by atoms with Crippen molar-refractivity contribution in [2.24, 2.45) is 0 Å². The molecule has 1 rings (SSSR count). The molecule has 1 aromatic carbocycles. The number of hydrogen-bond donors (Lipinski definition) is 2. The number of carboxylic acids is 1. The third-order valence-corrected chi connectivity index (χ3v) is 2.49. The Morgan fingerprint density at radius 2 is 2.15 bits per heavy atom. The number of benzene rings is 1. The molecule has 2 N–H and O–H groups in total. The van der Waals surface area contributed by atoms with Crippen molar-refractivity contribution in [3.8, 4) is 5.75 Å². The topological polar surface area (TPSA) is 84.9 Å². The Morgan fingerprint density at radius 1 is 1.45 bits per heavy atom. The van der Waals surface area contributed by atoms with E-state index in [2.05, 4.69) is 10.1 Å². The Morgan fingerprint density at radius 3 is 2.75 bits per heavy atom. The second-order valence-electron chi connectivity index (χ2n) is 4.09. The quantitative estimate of drug-likeness (QED) is 0.771. The molecular formula is C13H16FNO5. The van der Waals surface area contributed by atoms with Gasteiger partial charge in [0.15, 0.2) is 24.3 Å². The van der Waals surface area contributed by atoms with Crippen LogP contribution in [-0.4, -0.2) is 43.3 Å². The summed E-state index contributed by atoms with van der Waals surface area (Å²) in [6.45, 7) is 1.17. The lowest BCUT2D eigenvalue weighted by atomic mass is 10.2. The van der Waals surface area contributed by atoms with Crippen molar-refractivity contribution in [2.75, 3.05) is 20.3 Å². The van der Waals surface area contributed by atoms with Crippen molar-refractivity contribution >= 4 is 11.9 Å². The van der Waals surface area contributed by atoms with Crippen LogP contribution in [0, 0.1) is 12.7 Å². The fraction of sp³-hybridized carbons (Fsp3) is 0.385. The number of aryl methyl sites for hydroxylation is 1. The molecule has 1 amide bonds. The summed E-state index contributed by atoms with van der Waals surface area (Å²) in [5.74, 6) is -2.34. The number of ether oxygens (including phenoxy) is 2. The van der Waals surface area contributed by atoms with E-state index in [-0.39, 0.29) is 12.3 Å². The number of nitrogens with one attached hydrogen (secondary N) is 1. The number of aliphatic carboxylic acids is 1. The van der Waals surface area contributed by atoms with E-state index in [1.807, 2.05) is 0 Å². The lowest BCUT2D eigenvalue weighted by Crippen LogP contribution is -2.39. The van der Waals surface area contributed by atoms with Gasteiger partial charge in [-0.2, -0.15) is 0 Å². The lowest BCUT2D eigenvalue weighted by molar-refractivity contribution is -0.148. The molecule has 0 aromatic heterocycles. The zero-order valence-corrected chi connectivity index (χ0v) is 11.2. The Balaban J connectivity index is 2.43. The predicted octanol–water partition coefficient (Wildman–Crippen LogP) is 0.729. The number of methoxy groups -OCH3 is 1. The van der Waals surface area contributed by atoms with Crippen molar-refractivity contribution in [1.82, 2.24) is 5.32 Å². The standard InChI is InChI=1S/C13H16FNO5/c1-8-3-4-9(14)10(5-8)20-7-12(16)15-6-11(19-2)13(17)18/h3-5,11H,6-7H2,1-2H3,(H,15,16)(H,17,18). The number of hydrogen-bond acceptors (Lipinski definition) is 4. The Kier molecular flexibility index (Phi) is 5.92. The molecule has 7 heteroatoms. The summed E-state index contributed by atoms with van der Waals surface area (Å²) >= 11 is 0. The molecule has 0 fully saturated rings. The zero-order chi connectivity index (χ0) is 15.1. The average Bonchev–Trinajstić information content (AvgIpc) is 2.40. The molecule has 0 saturated heterocycles. The minimum absolute atomic E-state index is 0.0262. The highest BCUT2D eigenvalue weighted by Crippen LogP contribution is 2.17. The highest BCUT2D eigenvalue weighted by Gasteiger charge is 2.17. The average molecular weight is 285 g/mol. The van der Waals surface area contributed by atoms with Gasteiger partial charge in [-0.25, -0.2) is 9.18 Å². The zero-order valence-electron chi connectivity index (χ0n) is 11.2. The monoisotopic (exact) mass is 285 g/mol. The highest BCUT2D eigenvalue weighted by atomic mass is 19.1. The van der Waals surface area contributed by atoms with E-state index in [9.17, 15) is 14.0 Å². The molecule has 1 unspecified atom stereocenters. The maximum Gasteiger partial charge on any atom is 0.334 e. The van der Waals surface area contributed by atoms with E-state index in [4.69, 9.17) is 9.84 Å². The minimum atomic E-state index is -1.18.